The van der Waals surface area contributed by atoms with Gasteiger partial charge in [0.25, 0.3) is 0 Å². The highest BCUT2D eigenvalue weighted by Gasteiger charge is 2.24. The zero-order chi connectivity index (χ0) is 12.2. The topological polar surface area (TPSA) is 51.8 Å². The van der Waals surface area contributed by atoms with E-state index in [9.17, 15) is 0 Å². The van der Waals surface area contributed by atoms with E-state index >= 15 is 0 Å². The van der Waals surface area contributed by atoms with Gasteiger partial charge in [0.15, 0.2) is 0 Å². The highest BCUT2D eigenvalue weighted by molar-refractivity contribution is 4.83. The molecule has 96 valence electrons. The van der Waals surface area contributed by atoms with Gasteiger partial charge in [0.1, 0.15) is 12.7 Å². The molecule has 3 heterocycles. The predicted molar refractivity (Wildman–Crippen MR) is 66.8 cm³/mol. The summed E-state index contributed by atoms with van der Waals surface area (Å²) >= 11 is 0. The summed E-state index contributed by atoms with van der Waals surface area (Å²) in [6.07, 6.45) is 9.78. The van der Waals surface area contributed by atoms with E-state index in [1.54, 1.807) is 12.7 Å². The van der Waals surface area contributed by atoms with Crippen LogP contribution in [-0.2, 0) is 13.1 Å². The van der Waals surface area contributed by atoms with Gasteiger partial charge in [-0.05, 0) is 25.5 Å². The number of nitrogens with zero attached hydrogens (tertiary/aromatic N) is 6. The fourth-order valence-electron chi connectivity index (χ4n) is 2.60. The number of hydrogen-bond donors (Lipinski definition) is 0. The third-order valence-corrected chi connectivity index (χ3v) is 3.54. The predicted octanol–water partition coefficient (Wildman–Crippen LogP) is 0.639. The average Bonchev–Trinajstić information content (AvgIpc) is 3.10. The second-order valence-electron chi connectivity index (χ2n) is 4.72. The third-order valence-electron chi connectivity index (χ3n) is 3.54. The first-order chi connectivity index (χ1) is 8.92. The molecule has 2 aromatic rings. The highest BCUT2D eigenvalue weighted by atomic mass is 15.3. The molecule has 6 nitrogen and oxygen atoms in total. The van der Waals surface area contributed by atoms with Crippen LogP contribution in [0.5, 0.6) is 0 Å². The molecule has 0 N–H and O–H groups in total. The lowest BCUT2D eigenvalue weighted by atomic mass is 10.2. The number of likely N-dealkylation sites (tertiary alicyclic amines) is 1. The second-order valence-corrected chi connectivity index (χ2v) is 4.72. The molecule has 1 atom stereocenters. The lowest BCUT2D eigenvalue weighted by molar-refractivity contribution is 0.216. The van der Waals surface area contributed by atoms with Crippen LogP contribution in [0.25, 0.3) is 0 Å². The van der Waals surface area contributed by atoms with Crippen molar-refractivity contribution in [2.24, 2.45) is 0 Å². The zero-order valence-corrected chi connectivity index (χ0v) is 10.4. The molecule has 6 heteroatoms. The SMILES string of the molecule is c1cnn(C[C@@H]2CCCN2CCn2cncn2)c1. The summed E-state index contributed by atoms with van der Waals surface area (Å²) in [6.45, 7) is 4.12. The Morgan fingerprint density at radius 3 is 2.94 bits per heavy atom. The maximum atomic E-state index is 4.29. The minimum Gasteiger partial charge on any atom is -0.297 e. The Kier molecular flexibility index (Phi) is 3.36. The van der Waals surface area contributed by atoms with Crippen molar-refractivity contribution in [3.63, 3.8) is 0 Å². The van der Waals surface area contributed by atoms with Gasteiger partial charge in [0.2, 0.25) is 0 Å². The molecule has 3 rings (SSSR count). The van der Waals surface area contributed by atoms with Crippen LogP contribution in [0.3, 0.4) is 0 Å². The lowest BCUT2D eigenvalue weighted by Gasteiger charge is -2.24. The first-order valence-corrected chi connectivity index (χ1v) is 6.46. The maximum absolute atomic E-state index is 4.29. The Hall–Kier alpha value is -1.69. The number of aromatic nitrogens is 5. The van der Waals surface area contributed by atoms with Crippen LogP contribution in [0.1, 0.15) is 12.8 Å². The van der Waals surface area contributed by atoms with E-state index < -0.39 is 0 Å². The molecule has 2 aromatic heterocycles. The van der Waals surface area contributed by atoms with E-state index in [-0.39, 0.29) is 0 Å². The van der Waals surface area contributed by atoms with Crippen molar-refractivity contribution in [1.29, 1.82) is 0 Å². The Bertz CT molecular complexity index is 449. The van der Waals surface area contributed by atoms with Crippen molar-refractivity contribution in [3.05, 3.63) is 31.1 Å². The van der Waals surface area contributed by atoms with Gasteiger partial charge in [0, 0.05) is 25.0 Å². The van der Waals surface area contributed by atoms with Crippen molar-refractivity contribution >= 4 is 0 Å². The van der Waals surface area contributed by atoms with Crippen LogP contribution in [0.2, 0.25) is 0 Å². The van der Waals surface area contributed by atoms with Gasteiger partial charge in [-0.15, -0.1) is 0 Å². The average molecular weight is 246 g/mol. The number of hydrogen-bond acceptors (Lipinski definition) is 4. The smallest absolute Gasteiger partial charge is 0.137 e. The van der Waals surface area contributed by atoms with Crippen LogP contribution in [-0.4, -0.2) is 48.6 Å². The lowest BCUT2D eigenvalue weighted by Crippen LogP contribution is -2.35. The van der Waals surface area contributed by atoms with Crippen molar-refractivity contribution < 1.29 is 0 Å². The summed E-state index contributed by atoms with van der Waals surface area (Å²) < 4.78 is 3.92. The van der Waals surface area contributed by atoms with Crippen LogP contribution >= 0.6 is 0 Å². The fourth-order valence-corrected chi connectivity index (χ4v) is 2.60. The molecule has 1 saturated heterocycles. The molecule has 18 heavy (non-hydrogen) atoms. The van der Waals surface area contributed by atoms with E-state index in [1.807, 2.05) is 27.8 Å². The van der Waals surface area contributed by atoms with E-state index in [0.29, 0.717) is 6.04 Å². The summed E-state index contributed by atoms with van der Waals surface area (Å²) in [5, 5.41) is 8.43. The molecule has 0 bridgehead atoms. The van der Waals surface area contributed by atoms with Crippen LogP contribution in [0.4, 0.5) is 0 Å². The molecule has 0 unspecified atom stereocenters. The number of rotatable bonds is 5. The Morgan fingerprint density at radius 1 is 1.17 bits per heavy atom. The van der Waals surface area contributed by atoms with Crippen molar-refractivity contribution in [1.82, 2.24) is 29.4 Å². The van der Waals surface area contributed by atoms with Crippen molar-refractivity contribution in [2.45, 2.75) is 32.0 Å². The molecule has 1 aliphatic heterocycles. The largest absolute Gasteiger partial charge is 0.297 e. The molecule has 0 aliphatic carbocycles. The third kappa shape index (κ3) is 2.59. The van der Waals surface area contributed by atoms with Gasteiger partial charge in [-0.1, -0.05) is 0 Å². The summed E-state index contributed by atoms with van der Waals surface area (Å²) in [4.78, 5) is 6.50. The molecule has 0 amide bonds. The van der Waals surface area contributed by atoms with Crippen LogP contribution in [0, 0.1) is 0 Å². The molecule has 0 saturated carbocycles. The first kappa shape index (κ1) is 11.4. The van der Waals surface area contributed by atoms with E-state index in [1.165, 1.54) is 19.4 Å². The molecule has 1 aliphatic rings. The summed E-state index contributed by atoms with van der Waals surface area (Å²) in [7, 11) is 0. The van der Waals surface area contributed by atoms with Gasteiger partial charge >= 0.3 is 0 Å². The van der Waals surface area contributed by atoms with Gasteiger partial charge in [-0.25, -0.2) is 4.98 Å². The quantitative estimate of drug-likeness (QED) is 0.777. The molecular formula is C12H18N6. The van der Waals surface area contributed by atoms with E-state index in [4.69, 9.17) is 0 Å². The molecular weight excluding hydrogens is 228 g/mol. The van der Waals surface area contributed by atoms with Crippen LogP contribution in [0.15, 0.2) is 31.1 Å². The Morgan fingerprint density at radius 2 is 2.17 bits per heavy atom. The molecule has 1 fully saturated rings. The van der Waals surface area contributed by atoms with Gasteiger partial charge in [0.05, 0.1) is 13.1 Å². The standard InChI is InChI=1S/C12H18N6/c1-3-12(9-17-6-2-4-14-17)16(5-1)7-8-18-11-13-10-15-18/h2,4,6,10-12H,1,3,5,7-9H2/t12-/m0/s1. The minimum atomic E-state index is 0.605. The second kappa shape index (κ2) is 5.30. The van der Waals surface area contributed by atoms with Crippen molar-refractivity contribution in [2.75, 3.05) is 13.1 Å². The van der Waals surface area contributed by atoms with Crippen molar-refractivity contribution in [3.8, 4) is 0 Å². The Labute approximate surface area is 106 Å². The summed E-state index contributed by atoms with van der Waals surface area (Å²) in [5.41, 5.74) is 0. The fraction of sp³-hybridized carbons (Fsp3) is 0.583. The molecule has 0 aromatic carbocycles. The summed E-state index contributed by atoms with van der Waals surface area (Å²) in [6, 6.07) is 2.59. The monoisotopic (exact) mass is 246 g/mol. The van der Waals surface area contributed by atoms with Gasteiger partial charge in [-0.3, -0.25) is 14.3 Å². The molecule has 0 radical (unpaired) electrons. The van der Waals surface area contributed by atoms with E-state index in [0.717, 1.165) is 19.6 Å². The van der Waals surface area contributed by atoms with Crippen LogP contribution < -0.4 is 0 Å². The first-order valence-electron chi connectivity index (χ1n) is 6.46. The van der Waals surface area contributed by atoms with E-state index in [2.05, 4.69) is 20.1 Å². The van der Waals surface area contributed by atoms with Gasteiger partial charge < -0.3 is 0 Å². The normalized spacial score (nSPS) is 20.6. The maximum Gasteiger partial charge on any atom is 0.137 e. The van der Waals surface area contributed by atoms with Gasteiger partial charge in [-0.2, -0.15) is 10.2 Å². The zero-order valence-electron chi connectivity index (χ0n) is 10.4. The minimum absolute atomic E-state index is 0.605. The highest BCUT2D eigenvalue weighted by Crippen LogP contribution is 2.18. The Balaban J connectivity index is 1.54. The molecule has 0 spiro atoms. The summed E-state index contributed by atoms with van der Waals surface area (Å²) in [5.74, 6) is 0.